The lowest BCUT2D eigenvalue weighted by atomic mass is 9.86. The van der Waals surface area contributed by atoms with Crippen LogP contribution < -0.4 is 10.6 Å². The SMILES string of the molecule is CC(C)(C)OC(=O)NC1CC(Nc2cc(F)c(Br)cc2F)C1. The largest absolute Gasteiger partial charge is 0.444 e. The van der Waals surface area contributed by atoms with E-state index >= 15 is 0 Å². The summed E-state index contributed by atoms with van der Waals surface area (Å²) >= 11 is 2.93. The van der Waals surface area contributed by atoms with Gasteiger partial charge in [-0.15, -0.1) is 0 Å². The molecule has 122 valence electrons. The Balaban J connectivity index is 1.80. The van der Waals surface area contributed by atoms with Crippen molar-refractivity contribution in [1.82, 2.24) is 5.32 Å². The summed E-state index contributed by atoms with van der Waals surface area (Å²) < 4.78 is 32.4. The van der Waals surface area contributed by atoms with Gasteiger partial charge in [-0.3, -0.25) is 0 Å². The first-order valence-corrected chi connectivity index (χ1v) is 7.84. The zero-order valence-electron chi connectivity index (χ0n) is 12.7. The first kappa shape index (κ1) is 17.0. The number of hydrogen-bond acceptors (Lipinski definition) is 3. The van der Waals surface area contributed by atoms with Gasteiger partial charge in [-0.25, -0.2) is 13.6 Å². The molecule has 4 nitrogen and oxygen atoms in total. The average Bonchev–Trinajstić information content (AvgIpc) is 2.30. The number of benzene rings is 1. The molecule has 2 N–H and O–H groups in total. The number of nitrogens with one attached hydrogen (secondary N) is 2. The van der Waals surface area contributed by atoms with Gasteiger partial charge in [0.2, 0.25) is 0 Å². The first-order chi connectivity index (χ1) is 10.1. The molecule has 0 bridgehead atoms. The van der Waals surface area contributed by atoms with E-state index in [4.69, 9.17) is 4.74 Å². The van der Waals surface area contributed by atoms with E-state index in [1.165, 1.54) is 0 Å². The predicted octanol–water partition coefficient (Wildman–Crippen LogP) is 4.19. The molecule has 1 amide bonds. The third kappa shape index (κ3) is 4.56. The highest BCUT2D eigenvalue weighted by atomic mass is 79.9. The summed E-state index contributed by atoms with van der Waals surface area (Å²) in [7, 11) is 0. The standard InChI is InChI=1S/C15H19BrF2N2O2/c1-15(2,3)22-14(21)20-9-4-8(5-9)19-13-7-11(17)10(16)6-12(13)18/h6-9,19H,4-5H2,1-3H3,(H,20,21). The van der Waals surface area contributed by atoms with Gasteiger partial charge in [0.15, 0.2) is 0 Å². The maximum atomic E-state index is 13.7. The number of anilines is 1. The topological polar surface area (TPSA) is 50.4 Å². The van der Waals surface area contributed by atoms with Crippen LogP contribution in [0.3, 0.4) is 0 Å². The molecule has 1 aromatic rings. The van der Waals surface area contributed by atoms with E-state index in [1.54, 1.807) is 20.8 Å². The Morgan fingerprint density at radius 3 is 2.45 bits per heavy atom. The van der Waals surface area contributed by atoms with Crippen LogP contribution in [0.2, 0.25) is 0 Å². The molecule has 0 atom stereocenters. The maximum Gasteiger partial charge on any atom is 0.407 e. The van der Waals surface area contributed by atoms with Gasteiger partial charge in [-0.1, -0.05) is 0 Å². The molecule has 7 heteroatoms. The second kappa shape index (κ2) is 6.40. The van der Waals surface area contributed by atoms with Gasteiger partial charge in [0.25, 0.3) is 0 Å². The molecule has 1 fully saturated rings. The molecule has 0 radical (unpaired) electrons. The van der Waals surface area contributed by atoms with Crippen molar-refractivity contribution < 1.29 is 18.3 Å². The van der Waals surface area contributed by atoms with E-state index in [-0.39, 0.29) is 22.2 Å². The molecule has 0 aromatic heterocycles. The highest BCUT2D eigenvalue weighted by Crippen LogP contribution is 2.28. The van der Waals surface area contributed by atoms with E-state index in [0.717, 1.165) is 12.1 Å². The van der Waals surface area contributed by atoms with Crippen LogP contribution in [0.25, 0.3) is 0 Å². The van der Waals surface area contributed by atoms with E-state index in [1.807, 2.05) is 0 Å². The van der Waals surface area contributed by atoms with Crippen molar-refractivity contribution >= 4 is 27.7 Å². The minimum Gasteiger partial charge on any atom is -0.444 e. The van der Waals surface area contributed by atoms with Crippen molar-refractivity contribution in [3.05, 3.63) is 28.2 Å². The lowest BCUT2D eigenvalue weighted by Crippen LogP contribution is -2.50. The number of halogens is 3. The van der Waals surface area contributed by atoms with Crippen LogP contribution in [0, 0.1) is 11.6 Å². The van der Waals surface area contributed by atoms with Crippen LogP contribution in [-0.4, -0.2) is 23.8 Å². The number of alkyl carbamates (subject to hydrolysis) is 1. The highest BCUT2D eigenvalue weighted by molar-refractivity contribution is 9.10. The zero-order chi connectivity index (χ0) is 16.5. The maximum absolute atomic E-state index is 13.7. The molecule has 0 spiro atoms. The lowest BCUT2D eigenvalue weighted by Gasteiger charge is -2.37. The van der Waals surface area contributed by atoms with Crippen LogP contribution >= 0.6 is 15.9 Å². The fourth-order valence-corrected chi connectivity index (χ4v) is 2.50. The van der Waals surface area contributed by atoms with Gasteiger partial charge < -0.3 is 15.4 Å². The van der Waals surface area contributed by atoms with Crippen molar-refractivity contribution in [2.24, 2.45) is 0 Å². The third-order valence-electron chi connectivity index (χ3n) is 3.23. The summed E-state index contributed by atoms with van der Waals surface area (Å²) in [6, 6.07) is 2.19. The fourth-order valence-electron chi connectivity index (χ4n) is 2.18. The van der Waals surface area contributed by atoms with Crippen molar-refractivity contribution in [1.29, 1.82) is 0 Å². The zero-order valence-corrected chi connectivity index (χ0v) is 14.3. The van der Waals surface area contributed by atoms with Gasteiger partial charge in [0.1, 0.15) is 17.2 Å². The van der Waals surface area contributed by atoms with Crippen molar-refractivity contribution in [3.8, 4) is 0 Å². The van der Waals surface area contributed by atoms with Crippen LogP contribution in [0.1, 0.15) is 33.6 Å². The van der Waals surface area contributed by atoms with Crippen molar-refractivity contribution in [2.75, 3.05) is 5.32 Å². The summed E-state index contributed by atoms with van der Waals surface area (Å²) in [4.78, 5) is 11.6. The van der Waals surface area contributed by atoms with E-state index < -0.39 is 23.3 Å². The number of amides is 1. The molecular weight excluding hydrogens is 358 g/mol. The minimum atomic E-state index is -0.538. The third-order valence-corrected chi connectivity index (χ3v) is 3.84. The number of rotatable bonds is 3. The molecule has 0 saturated heterocycles. The molecule has 0 unspecified atom stereocenters. The molecule has 1 saturated carbocycles. The molecule has 0 aliphatic heterocycles. The summed E-state index contributed by atoms with van der Waals surface area (Å²) in [6.45, 7) is 5.38. The predicted molar refractivity (Wildman–Crippen MR) is 83.9 cm³/mol. The first-order valence-electron chi connectivity index (χ1n) is 7.04. The average molecular weight is 377 g/mol. The smallest absolute Gasteiger partial charge is 0.407 e. The molecule has 1 aromatic carbocycles. The Morgan fingerprint density at radius 2 is 1.86 bits per heavy atom. The molecule has 22 heavy (non-hydrogen) atoms. The Labute approximate surface area is 136 Å². The number of hydrogen-bond donors (Lipinski definition) is 2. The van der Waals surface area contributed by atoms with E-state index in [0.29, 0.717) is 12.8 Å². The Hall–Kier alpha value is -1.37. The summed E-state index contributed by atoms with van der Waals surface area (Å²) in [5.41, 5.74) is -0.412. The van der Waals surface area contributed by atoms with Crippen molar-refractivity contribution in [3.63, 3.8) is 0 Å². The molecule has 1 aliphatic rings. The Bertz CT molecular complexity index is 569. The van der Waals surface area contributed by atoms with Gasteiger partial charge in [0.05, 0.1) is 10.2 Å². The second-order valence-corrected chi connectivity index (χ2v) is 7.26. The van der Waals surface area contributed by atoms with Crippen molar-refractivity contribution in [2.45, 2.75) is 51.3 Å². The second-order valence-electron chi connectivity index (χ2n) is 6.40. The number of carbonyl (C=O) groups is 1. The minimum absolute atomic E-state index is 0.00462. The fraction of sp³-hybridized carbons (Fsp3) is 0.533. The van der Waals surface area contributed by atoms with E-state index in [2.05, 4.69) is 26.6 Å². The van der Waals surface area contributed by atoms with Crippen LogP contribution in [0.15, 0.2) is 16.6 Å². The Kier molecular flexibility index (Phi) is 4.94. The molecular formula is C15H19BrF2N2O2. The van der Waals surface area contributed by atoms with Crippen LogP contribution in [0.4, 0.5) is 19.3 Å². The quantitative estimate of drug-likeness (QED) is 0.777. The molecule has 2 rings (SSSR count). The van der Waals surface area contributed by atoms with Gasteiger partial charge in [-0.05, 0) is 55.6 Å². The summed E-state index contributed by atoms with van der Waals surface area (Å²) in [6.07, 6.45) is 0.809. The molecule has 0 heterocycles. The highest BCUT2D eigenvalue weighted by Gasteiger charge is 2.32. The normalized spacial score (nSPS) is 21.0. The van der Waals surface area contributed by atoms with Crippen LogP contribution in [0.5, 0.6) is 0 Å². The van der Waals surface area contributed by atoms with E-state index in [9.17, 15) is 13.6 Å². The number of ether oxygens (including phenoxy) is 1. The summed E-state index contributed by atoms with van der Waals surface area (Å²) in [5.74, 6) is -1.04. The Morgan fingerprint density at radius 1 is 1.23 bits per heavy atom. The van der Waals surface area contributed by atoms with Gasteiger partial charge in [0, 0.05) is 18.2 Å². The monoisotopic (exact) mass is 376 g/mol. The molecule has 1 aliphatic carbocycles. The summed E-state index contributed by atoms with van der Waals surface area (Å²) in [5, 5.41) is 5.69. The lowest BCUT2D eigenvalue weighted by molar-refractivity contribution is 0.0475. The van der Waals surface area contributed by atoms with Gasteiger partial charge >= 0.3 is 6.09 Å². The van der Waals surface area contributed by atoms with Gasteiger partial charge in [-0.2, -0.15) is 0 Å². The van der Waals surface area contributed by atoms with Crippen LogP contribution in [-0.2, 0) is 4.74 Å². The number of carbonyl (C=O) groups excluding carboxylic acids is 1.